The second-order valence-electron chi connectivity index (χ2n) is 4.94. The Morgan fingerprint density at radius 1 is 1.16 bits per heavy atom. The number of ether oxygens (including phenoxy) is 3. The Bertz CT molecular complexity index is 851. The molecule has 0 saturated carbocycles. The number of sulfone groups is 1. The summed E-state index contributed by atoms with van der Waals surface area (Å²) in [4.78, 5) is 14.2. The van der Waals surface area contributed by atoms with Gasteiger partial charge in [-0.05, 0) is 34.2 Å². The van der Waals surface area contributed by atoms with Crippen molar-refractivity contribution in [3.05, 3.63) is 46.6 Å². The molecule has 25 heavy (non-hydrogen) atoms. The quantitative estimate of drug-likeness (QED) is 0.395. The van der Waals surface area contributed by atoms with Gasteiger partial charge in [-0.1, -0.05) is 0 Å². The van der Waals surface area contributed by atoms with Crippen LogP contribution in [0.3, 0.4) is 0 Å². The number of benzene rings is 1. The van der Waals surface area contributed by atoms with Gasteiger partial charge in [-0.2, -0.15) is 0 Å². The van der Waals surface area contributed by atoms with Crippen molar-refractivity contribution in [3.8, 4) is 17.2 Å². The first-order valence-corrected chi connectivity index (χ1v) is 8.94. The van der Waals surface area contributed by atoms with Crippen LogP contribution in [0.15, 0.2) is 41.4 Å². The van der Waals surface area contributed by atoms with E-state index < -0.39 is 20.6 Å². The molecule has 0 amide bonds. The molecule has 0 saturated heterocycles. The van der Waals surface area contributed by atoms with Gasteiger partial charge in [0, 0.05) is 19.4 Å². The van der Waals surface area contributed by atoms with E-state index in [1.165, 1.54) is 43.6 Å². The molecule has 1 aromatic carbocycles. The van der Waals surface area contributed by atoms with E-state index >= 15 is 0 Å². The average Bonchev–Trinajstić information content (AvgIpc) is 2.55. The number of hydrogen-bond donors (Lipinski definition) is 0. The molecule has 134 valence electrons. The molecule has 0 unspecified atom stereocenters. The van der Waals surface area contributed by atoms with E-state index in [1.807, 2.05) is 0 Å². The van der Waals surface area contributed by atoms with Gasteiger partial charge in [0.2, 0.25) is 5.75 Å². The van der Waals surface area contributed by atoms with Crippen LogP contribution in [0.4, 0.5) is 5.82 Å². The maximum atomic E-state index is 11.4. The zero-order chi connectivity index (χ0) is 18.4. The molecular weight excluding hydrogens is 352 g/mol. The predicted octanol–water partition coefficient (Wildman–Crippen LogP) is 2.21. The van der Waals surface area contributed by atoms with Gasteiger partial charge in [0.05, 0.1) is 11.5 Å². The highest BCUT2D eigenvalue weighted by Crippen LogP contribution is 2.31. The van der Waals surface area contributed by atoms with Crippen LogP contribution in [0.2, 0.25) is 0 Å². The molecule has 0 N–H and O–H groups in total. The Balaban J connectivity index is 2.21. The van der Waals surface area contributed by atoms with Crippen LogP contribution < -0.4 is 9.47 Å². The molecule has 0 fully saturated rings. The van der Waals surface area contributed by atoms with Crippen molar-refractivity contribution < 1.29 is 27.6 Å². The van der Waals surface area contributed by atoms with Crippen LogP contribution in [0.5, 0.6) is 17.2 Å². The summed E-state index contributed by atoms with van der Waals surface area (Å²) in [6.45, 7) is 0.376. The first kappa shape index (κ1) is 18.6. The summed E-state index contributed by atoms with van der Waals surface area (Å²) < 4.78 is 38.5. The average molecular weight is 368 g/mol. The number of nitrogens with zero attached hydrogens (tertiary/aromatic N) is 2. The number of pyridine rings is 1. The third-order valence-electron chi connectivity index (χ3n) is 3.01. The van der Waals surface area contributed by atoms with Crippen LogP contribution in [0.25, 0.3) is 0 Å². The van der Waals surface area contributed by atoms with Gasteiger partial charge in [-0.25, -0.2) is 8.42 Å². The van der Waals surface area contributed by atoms with Gasteiger partial charge >= 0.3 is 5.82 Å². The molecule has 0 aliphatic rings. The summed E-state index contributed by atoms with van der Waals surface area (Å²) >= 11 is 0. The van der Waals surface area contributed by atoms with Crippen molar-refractivity contribution >= 4 is 15.7 Å². The number of aromatic nitrogens is 1. The van der Waals surface area contributed by atoms with Crippen LogP contribution in [0, 0.1) is 10.1 Å². The van der Waals surface area contributed by atoms with E-state index in [9.17, 15) is 18.5 Å². The maximum Gasteiger partial charge on any atom is 0.406 e. The lowest BCUT2D eigenvalue weighted by atomic mass is 10.3. The molecular formula is C15H16N2O7S. The third kappa shape index (κ3) is 5.13. The van der Waals surface area contributed by atoms with E-state index in [1.54, 1.807) is 0 Å². The summed E-state index contributed by atoms with van der Waals surface area (Å²) in [5.74, 6) is 0.0826. The van der Waals surface area contributed by atoms with Crippen LogP contribution in [-0.2, 0) is 14.6 Å². The highest BCUT2D eigenvalue weighted by molar-refractivity contribution is 7.90. The molecule has 1 heterocycles. The minimum absolute atomic E-state index is 0.0488. The summed E-state index contributed by atoms with van der Waals surface area (Å²) in [6.07, 6.45) is 2.29. The van der Waals surface area contributed by atoms with Crippen molar-refractivity contribution in [2.45, 2.75) is 4.90 Å². The lowest BCUT2D eigenvalue weighted by molar-refractivity contribution is -0.390. The second kappa shape index (κ2) is 7.90. The number of hydrogen-bond acceptors (Lipinski definition) is 8. The Labute approximate surface area is 144 Å². The van der Waals surface area contributed by atoms with Gasteiger partial charge in [-0.3, -0.25) is 0 Å². The molecule has 0 spiro atoms. The first-order valence-electron chi connectivity index (χ1n) is 7.05. The van der Waals surface area contributed by atoms with Crippen LogP contribution in [-0.4, -0.2) is 44.9 Å². The molecule has 0 atom stereocenters. The highest BCUT2D eigenvalue weighted by Gasteiger charge is 2.19. The number of nitro groups is 1. The Morgan fingerprint density at radius 2 is 1.84 bits per heavy atom. The van der Waals surface area contributed by atoms with Gasteiger partial charge in [-0.15, -0.1) is 0 Å². The predicted molar refractivity (Wildman–Crippen MR) is 87.9 cm³/mol. The van der Waals surface area contributed by atoms with Crippen molar-refractivity contribution in [1.82, 2.24) is 4.98 Å². The van der Waals surface area contributed by atoms with E-state index in [2.05, 4.69) is 4.98 Å². The summed E-state index contributed by atoms with van der Waals surface area (Å²) in [6, 6.07) is 7.09. The molecule has 0 aliphatic carbocycles. The summed E-state index contributed by atoms with van der Waals surface area (Å²) in [5.41, 5.74) is 0. The fraction of sp³-hybridized carbons (Fsp3) is 0.267. The molecule has 1 aromatic heterocycles. The minimum atomic E-state index is -3.30. The fourth-order valence-electron chi connectivity index (χ4n) is 1.84. The van der Waals surface area contributed by atoms with E-state index in [4.69, 9.17) is 14.2 Å². The molecule has 10 heteroatoms. The minimum Gasteiger partial charge on any atom is -0.483 e. The zero-order valence-electron chi connectivity index (χ0n) is 13.5. The van der Waals surface area contributed by atoms with Crippen LogP contribution >= 0.6 is 0 Å². The standard InChI is InChI=1S/C15H16N2O7S/c1-22-7-8-23-14-9-12(10-16-15(14)17(18)19)24-11-3-5-13(6-4-11)25(2,20)21/h3-6,9-10H,7-8H2,1-2H3. The third-order valence-corrected chi connectivity index (χ3v) is 4.14. The van der Waals surface area contributed by atoms with E-state index in [-0.39, 0.29) is 29.6 Å². The van der Waals surface area contributed by atoms with Gasteiger partial charge < -0.3 is 24.3 Å². The summed E-state index contributed by atoms with van der Waals surface area (Å²) in [7, 11) is -1.82. The maximum absolute atomic E-state index is 11.4. The fourth-order valence-corrected chi connectivity index (χ4v) is 2.47. The van der Waals surface area contributed by atoms with Gasteiger partial charge in [0.15, 0.2) is 21.8 Å². The zero-order valence-corrected chi connectivity index (χ0v) is 14.4. The van der Waals surface area contributed by atoms with Crippen molar-refractivity contribution in [1.29, 1.82) is 0 Å². The van der Waals surface area contributed by atoms with Crippen molar-refractivity contribution in [2.24, 2.45) is 0 Å². The highest BCUT2D eigenvalue weighted by atomic mass is 32.2. The molecule has 9 nitrogen and oxygen atoms in total. The number of rotatable bonds is 8. The Hall–Kier alpha value is -2.72. The summed E-state index contributed by atoms with van der Waals surface area (Å²) in [5, 5.41) is 11.0. The SMILES string of the molecule is COCCOc1cc(Oc2ccc(S(C)(=O)=O)cc2)cnc1[N+](=O)[O-]. The molecule has 0 radical (unpaired) electrons. The Kier molecular flexibility index (Phi) is 5.88. The van der Waals surface area contributed by atoms with Crippen molar-refractivity contribution in [3.63, 3.8) is 0 Å². The van der Waals surface area contributed by atoms with Gasteiger partial charge in [0.1, 0.15) is 12.4 Å². The van der Waals surface area contributed by atoms with E-state index in [0.717, 1.165) is 6.26 Å². The lowest BCUT2D eigenvalue weighted by Crippen LogP contribution is -2.07. The topological polar surface area (TPSA) is 118 Å². The first-order chi connectivity index (χ1) is 11.8. The van der Waals surface area contributed by atoms with Gasteiger partial charge in [0.25, 0.3) is 0 Å². The number of methoxy groups -OCH3 is 1. The van der Waals surface area contributed by atoms with E-state index in [0.29, 0.717) is 5.75 Å². The normalized spacial score (nSPS) is 11.1. The monoisotopic (exact) mass is 368 g/mol. The molecule has 0 bridgehead atoms. The smallest absolute Gasteiger partial charge is 0.406 e. The largest absolute Gasteiger partial charge is 0.483 e. The lowest BCUT2D eigenvalue weighted by Gasteiger charge is -2.08. The van der Waals surface area contributed by atoms with Crippen molar-refractivity contribution in [2.75, 3.05) is 26.6 Å². The molecule has 2 rings (SSSR count). The molecule has 0 aliphatic heterocycles. The van der Waals surface area contributed by atoms with Crippen LogP contribution in [0.1, 0.15) is 0 Å². The second-order valence-corrected chi connectivity index (χ2v) is 6.95. The molecule has 2 aromatic rings. The Morgan fingerprint density at radius 3 is 2.40 bits per heavy atom.